The number of phenolic OH excluding ortho intramolecular Hbond substituents is 1. The first-order valence-electron chi connectivity index (χ1n) is 6.70. The van der Waals surface area contributed by atoms with Crippen molar-refractivity contribution in [2.45, 2.75) is 13.5 Å². The molecule has 1 heterocycles. The first-order valence-corrected chi connectivity index (χ1v) is 6.70. The Bertz CT molecular complexity index is 801. The first-order chi connectivity index (χ1) is 9.78. The number of nitrogens with zero attached hydrogens (tertiary/aromatic N) is 2. The second kappa shape index (κ2) is 5.21. The van der Waals surface area contributed by atoms with Crippen LogP contribution < -0.4 is 5.49 Å². The average molecular weight is 264 g/mol. The van der Waals surface area contributed by atoms with Crippen LogP contribution in [0.25, 0.3) is 10.9 Å². The van der Waals surface area contributed by atoms with Crippen LogP contribution in [0.2, 0.25) is 0 Å². The van der Waals surface area contributed by atoms with E-state index in [0.29, 0.717) is 0 Å². The van der Waals surface area contributed by atoms with E-state index >= 15 is 0 Å². The second-order valence-electron chi connectivity index (χ2n) is 4.62. The lowest BCUT2D eigenvalue weighted by atomic mass is 10.2. The van der Waals surface area contributed by atoms with E-state index in [0.717, 1.165) is 17.7 Å². The molecular formula is C17H16N2O. The van der Waals surface area contributed by atoms with Crippen LogP contribution in [0.15, 0.2) is 65.7 Å². The van der Waals surface area contributed by atoms with Crippen molar-refractivity contribution in [2.75, 3.05) is 0 Å². The Morgan fingerprint density at radius 1 is 0.950 bits per heavy atom. The van der Waals surface area contributed by atoms with Crippen molar-refractivity contribution < 1.29 is 5.11 Å². The van der Waals surface area contributed by atoms with Gasteiger partial charge in [-0.3, -0.25) is 0 Å². The molecule has 0 unspecified atom stereocenters. The molecule has 0 spiro atoms. The van der Waals surface area contributed by atoms with Gasteiger partial charge in [0.25, 0.3) is 0 Å². The summed E-state index contributed by atoms with van der Waals surface area (Å²) in [6.45, 7) is 2.97. The number of aromatic nitrogens is 1. The van der Waals surface area contributed by atoms with Gasteiger partial charge in [0.2, 0.25) is 0 Å². The van der Waals surface area contributed by atoms with Gasteiger partial charge < -0.3 is 9.67 Å². The lowest BCUT2D eigenvalue weighted by molar-refractivity contribution is 0.475. The summed E-state index contributed by atoms with van der Waals surface area (Å²) in [5, 5.41) is 10.5. The number of phenols is 1. The van der Waals surface area contributed by atoms with Gasteiger partial charge in [0.05, 0.1) is 5.69 Å². The third-order valence-corrected chi connectivity index (χ3v) is 3.33. The highest BCUT2D eigenvalue weighted by molar-refractivity contribution is 5.78. The zero-order chi connectivity index (χ0) is 13.9. The molecule has 0 aliphatic carbocycles. The normalized spacial score (nSPS) is 11.9. The maximum atomic E-state index is 9.32. The van der Waals surface area contributed by atoms with E-state index < -0.39 is 0 Å². The fourth-order valence-corrected chi connectivity index (χ4v) is 2.34. The molecule has 0 aliphatic rings. The molecule has 2 aromatic carbocycles. The van der Waals surface area contributed by atoms with Crippen LogP contribution in [0, 0.1) is 0 Å². The monoisotopic (exact) mass is 264 g/mol. The van der Waals surface area contributed by atoms with Crippen LogP contribution in [-0.4, -0.2) is 9.67 Å². The number of hydrogen-bond acceptors (Lipinski definition) is 2. The van der Waals surface area contributed by atoms with E-state index in [4.69, 9.17) is 0 Å². The molecule has 20 heavy (non-hydrogen) atoms. The highest BCUT2D eigenvalue weighted by atomic mass is 16.3. The molecule has 1 N–H and O–H groups in total. The molecule has 100 valence electrons. The van der Waals surface area contributed by atoms with Crippen LogP contribution in [0.1, 0.15) is 6.92 Å². The quantitative estimate of drug-likeness (QED) is 0.754. The Labute approximate surface area is 117 Å². The summed E-state index contributed by atoms with van der Waals surface area (Å²) in [6, 6.07) is 19.3. The number of para-hydroxylation sites is 1. The predicted molar refractivity (Wildman–Crippen MR) is 80.9 cm³/mol. The number of rotatable bonds is 2. The van der Waals surface area contributed by atoms with Crippen molar-refractivity contribution in [1.29, 1.82) is 0 Å². The predicted octanol–water partition coefficient (Wildman–Crippen LogP) is 3.60. The van der Waals surface area contributed by atoms with Gasteiger partial charge in [-0.2, -0.15) is 0 Å². The number of aromatic hydroxyl groups is 1. The summed E-state index contributed by atoms with van der Waals surface area (Å²) in [7, 11) is 0. The van der Waals surface area contributed by atoms with Crippen molar-refractivity contribution in [3.63, 3.8) is 0 Å². The topological polar surface area (TPSA) is 37.5 Å². The first kappa shape index (κ1) is 12.5. The fraction of sp³-hybridized carbons (Fsp3) is 0.118. The molecule has 0 saturated heterocycles. The van der Waals surface area contributed by atoms with Crippen molar-refractivity contribution in [2.24, 2.45) is 4.99 Å². The van der Waals surface area contributed by atoms with E-state index in [-0.39, 0.29) is 5.75 Å². The number of pyridine rings is 1. The third-order valence-electron chi connectivity index (χ3n) is 3.33. The van der Waals surface area contributed by atoms with E-state index in [1.54, 1.807) is 12.1 Å². The molecule has 0 atom stereocenters. The highest BCUT2D eigenvalue weighted by Gasteiger charge is 1.99. The van der Waals surface area contributed by atoms with Crippen LogP contribution >= 0.6 is 0 Å². The molecule has 0 aliphatic heterocycles. The number of aryl methyl sites for hydroxylation is 1. The standard InChI is InChI=1S/C17H16N2O/c1-2-19-16-6-4-3-5-13(16)7-12-17(19)18-14-8-10-15(20)11-9-14/h3-12,20H,2H2,1H3. The summed E-state index contributed by atoms with van der Waals surface area (Å²) in [5.74, 6) is 0.255. The number of benzene rings is 2. The lowest BCUT2D eigenvalue weighted by Gasteiger charge is -2.09. The Hall–Kier alpha value is -2.55. The minimum Gasteiger partial charge on any atom is -0.508 e. The largest absolute Gasteiger partial charge is 0.508 e. The van der Waals surface area contributed by atoms with Crippen molar-refractivity contribution in [3.05, 3.63) is 66.2 Å². The average Bonchev–Trinajstić information content (AvgIpc) is 2.49. The summed E-state index contributed by atoms with van der Waals surface area (Å²) in [6.07, 6.45) is 0. The van der Waals surface area contributed by atoms with Gasteiger partial charge in [0.1, 0.15) is 11.2 Å². The molecule has 3 rings (SSSR count). The molecule has 3 aromatic rings. The SMILES string of the molecule is CCn1c(=Nc2ccc(O)cc2)ccc2ccccc21. The molecule has 3 heteroatoms. The van der Waals surface area contributed by atoms with Gasteiger partial charge in [-0.05, 0) is 54.8 Å². The summed E-state index contributed by atoms with van der Waals surface area (Å²) >= 11 is 0. The van der Waals surface area contributed by atoms with Crippen LogP contribution in [-0.2, 0) is 6.54 Å². The van der Waals surface area contributed by atoms with E-state index in [2.05, 4.69) is 34.7 Å². The van der Waals surface area contributed by atoms with Crippen molar-refractivity contribution in [1.82, 2.24) is 4.57 Å². The molecular weight excluding hydrogens is 248 g/mol. The van der Waals surface area contributed by atoms with Gasteiger partial charge in [0, 0.05) is 12.1 Å². The third kappa shape index (κ3) is 2.30. The molecule has 0 radical (unpaired) electrons. The highest BCUT2D eigenvalue weighted by Crippen LogP contribution is 2.16. The molecule has 3 nitrogen and oxygen atoms in total. The van der Waals surface area contributed by atoms with E-state index in [9.17, 15) is 5.11 Å². The molecule has 0 saturated carbocycles. The van der Waals surface area contributed by atoms with Crippen molar-refractivity contribution in [3.8, 4) is 5.75 Å². The van der Waals surface area contributed by atoms with E-state index in [1.807, 2.05) is 30.3 Å². The molecule has 0 amide bonds. The van der Waals surface area contributed by atoms with Crippen molar-refractivity contribution >= 4 is 16.6 Å². The fourth-order valence-electron chi connectivity index (χ4n) is 2.34. The van der Waals surface area contributed by atoms with Crippen LogP contribution in [0.5, 0.6) is 5.75 Å². The Morgan fingerprint density at radius 2 is 1.70 bits per heavy atom. The maximum Gasteiger partial charge on any atom is 0.133 e. The summed E-state index contributed by atoms with van der Waals surface area (Å²) in [5.41, 5.74) is 2.92. The Balaban J connectivity index is 2.23. The molecule has 1 aromatic heterocycles. The minimum atomic E-state index is 0.255. The van der Waals surface area contributed by atoms with E-state index in [1.165, 1.54) is 10.9 Å². The summed E-state index contributed by atoms with van der Waals surface area (Å²) < 4.78 is 2.18. The van der Waals surface area contributed by atoms with Gasteiger partial charge >= 0.3 is 0 Å². The summed E-state index contributed by atoms with van der Waals surface area (Å²) in [4.78, 5) is 4.65. The van der Waals surface area contributed by atoms with Gasteiger partial charge in [-0.25, -0.2) is 4.99 Å². The van der Waals surface area contributed by atoms with Gasteiger partial charge in [-0.15, -0.1) is 0 Å². The Morgan fingerprint density at radius 3 is 2.45 bits per heavy atom. The van der Waals surface area contributed by atoms with Crippen LogP contribution in [0.3, 0.4) is 0 Å². The Kier molecular flexibility index (Phi) is 3.25. The van der Waals surface area contributed by atoms with Gasteiger partial charge in [-0.1, -0.05) is 18.2 Å². The number of hydrogen-bond donors (Lipinski definition) is 1. The maximum absolute atomic E-state index is 9.32. The van der Waals surface area contributed by atoms with Gasteiger partial charge in [0.15, 0.2) is 0 Å². The smallest absolute Gasteiger partial charge is 0.133 e. The van der Waals surface area contributed by atoms with Crippen LogP contribution in [0.4, 0.5) is 5.69 Å². The molecule has 0 bridgehead atoms. The zero-order valence-corrected chi connectivity index (χ0v) is 11.3. The minimum absolute atomic E-state index is 0.255. The lowest BCUT2D eigenvalue weighted by Crippen LogP contribution is -2.19. The zero-order valence-electron chi connectivity index (χ0n) is 11.3. The molecule has 0 fully saturated rings. The number of fused-ring (bicyclic) bond motifs is 1. The second-order valence-corrected chi connectivity index (χ2v) is 4.62.